The number of pyridine rings is 1. The molecule has 1 N–H and O–H groups in total. The van der Waals surface area contributed by atoms with Crippen LogP contribution in [0, 0.1) is 13.8 Å². The average Bonchev–Trinajstić information content (AvgIpc) is 2.53. The molecule has 0 bridgehead atoms. The average molecular weight is 314 g/mol. The van der Waals surface area contributed by atoms with Gasteiger partial charge in [0.05, 0.1) is 30.0 Å². The van der Waals surface area contributed by atoms with Gasteiger partial charge in [-0.25, -0.2) is 4.79 Å². The van der Waals surface area contributed by atoms with Crippen molar-refractivity contribution in [1.29, 1.82) is 0 Å². The number of nitrogens with zero attached hydrogens (tertiary/aromatic N) is 2. The molecule has 1 saturated heterocycles. The van der Waals surface area contributed by atoms with Crippen LogP contribution in [0.5, 0.6) is 0 Å². The number of aryl methyl sites for hydroxylation is 2. The standard InChI is InChI=1S/C17H18N2O4/c1-10-3-4-12-8-13(11(2)18-14(12)7-10)16(20)19-5-6-23-9-15(19)17(21)22/h3-4,7-8,15H,5-6,9H2,1-2H3,(H,21,22)/t15-/m1/s1. The number of fused-ring (bicyclic) bond motifs is 1. The molecule has 1 aliphatic heterocycles. The highest BCUT2D eigenvalue weighted by atomic mass is 16.5. The summed E-state index contributed by atoms with van der Waals surface area (Å²) in [6.45, 7) is 4.38. The number of rotatable bonds is 2. The van der Waals surface area contributed by atoms with Gasteiger partial charge in [-0.05, 0) is 31.5 Å². The van der Waals surface area contributed by atoms with Crippen LogP contribution in [0.3, 0.4) is 0 Å². The van der Waals surface area contributed by atoms with Crippen LogP contribution in [0.1, 0.15) is 21.6 Å². The number of amides is 1. The number of carbonyl (C=O) groups is 2. The fourth-order valence-corrected chi connectivity index (χ4v) is 2.80. The lowest BCUT2D eigenvalue weighted by Gasteiger charge is -2.33. The minimum absolute atomic E-state index is 0.0142. The normalized spacial score (nSPS) is 18.2. The molecule has 1 amide bonds. The number of ether oxygens (including phenoxy) is 1. The van der Waals surface area contributed by atoms with Gasteiger partial charge in [0.1, 0.15) is 0 Å². The van der Waals surface area contributed by atoms with E-state index in [1.807, 2.05) is 25.1 Å². The van der Waals surface area contributed by atoms with E-state index in [1.54, 1.807) is 13.0 Å². The van der Waals surface area contributed by atoms with Crippen molar-refractivity contribution in [3.05, 3.63) is 41.1 Å². The number of benzene rings is 1. The minimum Gasteiger partial charge on any atom is -0.480 e. The number of hydrogen-bond donors (Lipinski definition) is 1. The van der Waals surface area contributed by atoms with E-state index in [0.29, 0.717) is 17.9 Å². The van der Waals surface area contributed by atoms with Gasteiger partial charge >= 0.3 is 5.97 Å². The Morgan fingerprint density at radius 3 is 2.83 bits per heavy atom. The van der Waals surface area contributed by atoms with Gasteiger partial charge in [-0.1, -0.05) is 12.1 Å². The molecule has 2 aromatic rings. The van der Waals surface area contributed by atoms with E-state index in [0.717, 1.165) is 16.5 Å². The third-order valence-corrected chi connectivity index (χ3v) is 4.07. The first kappa shape index (κ1) is 15.4. The van der Waals surface area contributed by atoms with Gasteiger partial charge in [0.15, 0.2) is 6.04 Å². The summed E-state index contributed by atoms with van der Waals surface area (Å²) in [5.41, 5.74) is 2.97. The lowest BCUT2D eigenvalue weighted by molar-refractivity contribution is -0.147. The first-order valence-electron chi connectivity index (χ1n) is 7.47. The van der Waals surface area contributed by atoms with Crippen LogP contribution >= 0.6 is 0 Å². The number of carbonyl (C=O) groups excluding carboxylic acids is 1. The van der Waals surface area contributed by atoms with Crippen molar-refractivity contribution in [2.24, 2.45) is 0 Å². The molecule has 2 heterocycles. The zero-order valence-electron chi connectivity index (χ0n) is 13.1. The molecule has 1 atom stereocenters. The topological polar surface area (TPSA) is 79.7 Å². The van der Waals surface area contributed by atoms with Crippen LogP contribution in [-0.4, -0.2) is 52.7 Å². The zero-order valence-corrected chi connectivity index (χ0v) is 13.1. The Labute approximate surface area is 133 Å². The molecular formula is C17H18N2O4. The van der Waals surface area contributed by atoms with E-state index in [1.165, 1.54) is 4.90 Å². The summed E-state index contributed by atoms with van der Waals surface area (Å²) in [7, 11) is 0. The maximum atomic E-state index is 12.8. The number of aromatic nitrogens is 1. The molecule has 120 valence electrons. The van der Waals surface area contributed by atoms with Crippen LogP contribution < -0.4 is 0 Å². The van der Waals surface area contributed by atoms with E-state index in [9.17, 15) is 14.7 Å². The summed E-state index contributed by atoms with van der Waals surface area (Å²) in [4.78, 5) is 30.0. The van der Waals surface area contributed by atoms with E-state index >= 15 is 0 Å². The highest BCUT2D eigenvalue weighted by Gasteiger charge is 2.34. The van der Waals surface area contributed by atoms with Gasteiger partial charge in [-0.3, -0.25) is 9.78 Å². The third-order valence-electron chi connectivity index (χ3n) is 4.07. The Hall–Kier alpha value is -2.47. The first-order chi connectivity index (χ1) is 11.0. The molecular weight excluding hydrogens is 296 g/mol. The largest absolute Gasteiger partial charge is 0.480 e. The molecule has 0 spiro atoms. The molecule has 0 radical (unpaired) electrons. The highest BCUT2D eigenvalue weighted by molar-refractivity contribution is 6.00. The predicted octanol–water partition coefficient (Wildman–Crippen LogP) is 1.78. The lowest BCUT2D eigenvalue weighted by Crippen LogP contribution is -2.52. The molecule has 23 heavy (non-hydrogen) atoms. The van der Waals surface area contributed by atoms with Gasteiger partial charge in [0, 0.05) is 11.9 Å². The molecule has 3 rings (SSSR count). The van der Waals surface area contributed by atoms with Crippen molar-refractivity contribution in [2.45, 2.75) is 19.9 Å². The molecule has 1 aromatic heterocycles. The Balaban J connectivity index is 2.01. The summed E-state index contributed by atoms with van der Waals surface area (Å²) in [6, 6.07) is 6.67. The Kier molecular flexibility index (Phi) is 4.00. The van der Waals surface area contributed by atoms with Crippen LogP contribution in [0.2, 0.25) is 0 Å². The minimum atomic E-state index is -1.06. The van der Waals surface area contributed by atoms with Gasteiger partial charge in [-0.2, -0.15) is 0 Å². The highest BCUT2D eigenvalue weighted by Crippen LogP contribution is 2.21. The van der Waals surface area contributed by atoms with Crippen molar-refractivity contribution in [3.63, 3.8) is 0 Å². The summed E-state index contributed by atoms with van der Waals surface area (Å²) in [5.74, 6) is -1.37. The number of carboxylic acids is 1. The molecule has 1 aromatic carbocycles. The van der Waals surface area contributed by atoms with E-state index in [4.69, 9.17) is 4.74 Å². The fourth-order valence-electron chi connectivity index (χ4n) is 2.80. The Morgan fingerprint density at radius 2 is 2.09 bits per heavy atom. The van der Waals surface area contributed by atoms with Crippen LogP contribution in [0.25, 0.3) is 10.9 Å². The fraction of sp³-hybridized carbons (Fsp3) is 0.353. The molecule has 0 saturated carbocycles. The number of carboxylic acid groups (broad SMARTS) is 1. The van der Waals surface area contributed by atoms with Crippen molar-refractivity contribution in [3.8, 4) is 0 Å². The third kappa shape index (κ3) is 2.90. The molecule has 1 fully saturated rings. The maximum Gasteiger partial charge on any atom is 0.328 e. The van der Waals surface area contributed by atoms with Crippen LogP contribution in [0.15, 0.2) is 24.3 Å². The summed E-state index contributed by atoms with van der Waals surface area (Å²) >= 11 is 0. The SMILES string of the molecule is Cc1ccc2cc(C(=O)N3CCOC[C@@H]3C(=O)O)c(C)nc2c1. The lowest BCUT2D eigenvalue weighted by atomic mass is 10.1. The van der Waals surface area contributed by atoms with E-state index in [2.05, 4.69) is 4.98 Å². The van der Waals surface area contributed by atoms with Crippen molar-refractivity contribution < 1.29 is 19.4 Å². The molecule has 1 aliphatic rings. The predicted molar refractivity (Wildman–Crippen MR) is 84.5 cm³/mol. The quantitative estimate of drug-likeness (QED) is 0.914. The number of hydrogen-bond acceptors (Lipinski definition) is 4. The van der Waals surface area contributed by atoms with Crippen LogP contribution in [0.4, 0.5) is 0 Å². The number of aliphatic carboxylic acids is 1. The van der Waals surface area contributed by atoms with E-state index in [-0.39, 0.29) is 19.1 Å². The monoisotopic (exact) mass is 314 g/mol. The second kappa shape index (κ2) is 5.96. The molecule has 0 unspecified atom stereocenters. The van der Waals surface area contributed by atoms with Crippen LogP contribution in [-0.2, 0) is 9.53 Å². The van der Waals surface area contributed by atoms with E-state index < -0.39 is 12.0 Å². The van der Waals surface area contributed by atoms with Crippen molar-refractivity contribution in [2.75, 3.05) is 19.8 Å². The molecule has 0 aliphatic carbocycles. The number of morpholine rings is 1. The molecule has 6 heteroatoms. The summed E-state index contributed by atoms with van der Waals surface area (Å²) in [5, 5.41) is 10.2. The second-order valence-corrected chi connectivity index (χ2v) is 5.74. The maximum absolute atomic E-state index is 12.8. The second-order valence-electron chi connectivity index (χ2n) is 5.74. The Morgan fingerprint density at radius 1 is 1.30 bits per heavy atom. The molecule has 6 nitrogen and oxygen atoms in total. The van der Waals surface area contributed by atoms with Gasteiger partial charge in [0.2, 0.25) is 0 Å². The van der Waals surface area contributed by atoms with Gasteiger partial charge in [-0.15, -0.1) is 0 Å². The van der Waals surface area contributed by atoms with Gasteiger partial charge < -0.3 is 14.7 Å². The smallest absolute Gasteiger partial charge is 0.328 e. The summed E-state index contributed by atoms with van der Waals surface area (Å²) in [6.07, 6.45) is 0. The summed E-state index contributed by atoms with van der Waals surface area (Å²) < 4.78 is 5.18. The zero-order chi connectivity index (χ0) is 16.6. The van der Waals surface area contributed by atoms with Crippen molar-refractivity contribution in [1.82, 2.24) is 9.88 Å². The first-order valence-corrected chi connectivity index (χ1v) is 7.47. The van der Waals surface area contributed by atoms with Gasteiger partial charge in [0.25, 0.3) is 5.91 Å². The Bertz CT molecular complexity index is 788. The van der Waals surface area contributed by atoms with Crippen molar-refractivity contribution >= 4 is 22.8 Å².